The number of pyridine rings is 1. The number of hydrogen-bond donors (Lipinski definition) is 3. The first-order valence-electron chi connectivity index (χ1n) is 3.81. The van der Waals surface area contributed by atoms with Gasteiger partial charge in [-0.25, -0.2) is 4.79 Å². The van der Waals surface area contributed by atoms with Gasteiger partial charge in [0.25, 0.3) is 5.56 Å². The topological polar surface area (TPSA) is 96.2 Å². The van der Waals surface area contributed by atoms with Crippen molar-refractivity contribution in [3.63, 3.8) is 0 Å². The van der Waals surface area contributed by atoms with Crippen LogP contribution in [-0.4, -0.2) is 16.1 Å². The van der Waals surface area contributed by atoms with Gasteiger partial charge in [-0.1, -0.05) is 6.92 Å². The molecule has 0 saturated heterocycles. The summed E-state index contributed by atoms with van der Waals surface area (Å²) in [7, 11) is 0. The fourth-order valence-corrected chi connectivity index (χ4v) is 1.15. The second-order valence-corrected chi connectivity index (χ2v) is 2.61. The first kappa shape index (κ1) is 9.31. The standard InChI is InChI=1S/C8H10N2O3/c1-2-4-3-5(9)10-7(11)6(4)8(12)13/h3H,2H2,1H3,(H,12,13)(H3,9,10,11). The number of aromatic carboxylic acids is 1. The third kappa shape index (κ3) is 1.69. The predicted octanol–water partition coefficient (Wildman–Crippen LogP) is 0.218. The number of nitrogen functional groups attached to an aromatic ring is 1. The van der Waals surface area contributed by atoms with Crippen molar-refractivity contribution < 1.29 is 9.90 Å². The fraction of sp³-hybridized carbons (Fsp3) is 0.250. The van der Waals surface area contributed by atoms with E-state index in [1.807, 2.05) is 0 Å². The Morgan fingerprint density at radius 3 is 2.77 bits per heavy atom. The van der Waals surface area contributed by atoms with Gasteiger partial charge in [0.2, 0.25) is 0 Å². The largest absolute Gasteiger partial charge is 0.477 e. The molecular weight excluding hydrogens is 172 g/mol. The summed E-state index contributed by atoms with van der Waals surface area (Å²) in [6, 6.07) is 1.46. The number of rotatable bonds is 2. The average Bonchev–Trinajstić information content (AvgIpc) is 2.01. The van der Waals surface area contributed by atoms with Gasteiger partial charge in [0.05, 0.1) is 0 Å². The molecule has 13 heavy (non-hydrogen) atoms. The summed E-state index contributed by atoms with van der Waals surface area (Å²) in [5.41, 5.74) is 4.93. The monoisotopic (exact) mass is 182 g/mol. The molecule has 5 heteroatoms. The Kier molecular flexibility index (Phi) is 2.36. The lowest BCUT2D eigenvalue weighted by molar-refractivity contribution is 0.0694. The lowest BCUT2D eigenvalue weighted by atomic mass is 10.1. The van der Waals surface area contributed by atoms with E-state index in [0.717, 1.165) is 0 Å². The Morgan fingerprint density at radius 1 is 1.69 bits per heavy atom. The minimum absolute atomic E-state index is 0.187. The molecule has 0 aliphatic carbocycles. The molecule has 0 bridgehead atoms. The highest BCUT2D eigenvalue weighted by atomic mass is 16.4. The van der Waals surface area contributed by atoms with E-state index in [0.29, 0.717) is 12.0 Å². The summed E-state index contributed by atoms with van der Waals surface area (Å²) in [6.45, 7) is 1.76. The number of nitrogens with one attached hydrogen (secondary N) is 1. The second-order valence-electron chi connectivity index (χ2n) is 2.61. The van der Waals surface area contributed by atoms with Crippen molar-refractivity contribution in [2.75, 3.05) is 5.73 Å². The Labute approximate surface area is 74.2 Å². The van der Waals surface area contributed by atoms with Crippen LogP contribution in [0.1, 0.15) is 22.8 Å². The smallest absolute Gasteiger partial charge is 0.341 e. The molecule has 0 fully saturated rings. The second kappa shape index (κ2) is 3.30. The zero-order valence-corrected chi connectivity index (χ0v) is 7.13. The van der Waals surface area contributed by atoms with E-state index in [4.69, 9.17) is 10.8 Å². The van der Waals surface area contributed by atoms with Crippen LogP contribution < -0.4 is 11.3 Å². The van der Waals surface area contributed by atoms with E-state index in [2.05, 4.69) is 4.98 Å². The van der Waals surface area contributed by atoms with Crippen molar-refractivity contribution in [2.24, 2.45) is 0 Å². The predicted molar refractivity (Wildman–Crippen MR) is 47.8 cm³/mol. The fourth-order valence-electron chi connectivity index (χ4n) is 1.15. The van der Waals surface area contributed by atoms with Crippen LogP contribution in [0.2, 0.25) is 0 Å². The highest BCUT2D eigenvalue weighted by Crippen LogP contribution is 2.07. The van der Waals surface area contributed by atoms with Crippen LogP contribution >= 0.6 is 0 Å². The molecule has 1 heterocycles. The van der Waals surface area contributed by atoms with Crippen molar-refractivity contribution in [3.05, 3.63) is 27.5 Å². The number of nitrogens with two attached hydrogens (primary N) is 1. The van der Waals surface area contributed by atoms with E-state index in [1.54, 1.807) is 6.92 Å². The molecule has 0 atom stereocenters. The summed E-state index contributed by atoms with van der Waals surface area (Å²) >= 11 is 0. The lowest BCUT2D eigenvalue weighted by Gasteiger charge is -2.02. The molecule has 0 unspecified atom stereocenters. The van der Waals surface area contributed by atoms with E-state index >= 15 is 0 Å². The van der Waals surface area contributed by atoms with Crippen molar-refractivity contribution in [2.45, 2.75) is 13.3 Å². The first-order valence-corrected chi connectivity index (χ1v) is 3.81. The van der Waals surface area contributed by atoms with Crippen molar-refractivity contribution >= 4 is 11.8 Å². The summed E-state index contributed by atoms with van der Waals surface area (Å²) in [5.74, 6) is -1.04. The Morgan fingerprint density at radius 2 is 2.31 bits per heavy atom. The number of carbonyl (C=O) groups is 1. The van der Waals surface area contributed by atoms with Gasteiger partial charge in [0, 0.05) is 0 Å². The van der Waals surface area contributed by atoms with Crippen LogP contribution in [-0.2, 0) is 6.42 Å². The number of H-pyrrole nitrogens is 1. The van der Waals surface area contributed by atoms with E-state index in [1.165, 1.54) is 6.07 Å². The maximum absolute atomic E-state index is 11.1. The van der Waals surface area contributed by atoms with Gasteiger partial charge >= 0.3 is 5.97 Å². The maximum Gasteiger partial charge on any atom is 0.341 e. The number of hydrogen-bond acceptors (Lipinski definition) is 3. The average molecular weight is 182 g/mol. The van der Waals surface area contributed by atoms with Gasteiger partial charge < -0.3 is 15.8 Å². The molecule has 1 rings (SSSR count). The molecule has 0 radical (unpaired) electrons. The van der Waals surface area contributed by atoms with Crippen molar-refractivity contribution in [1.29, 1.82) is 0 Å². The molecular formula is C8H10N2O3. The van der Waals surface area contributed by atoms with Gasteiger partial charge in [-0.3, -0.25) is 4.79 Å². The quantitative estimate of drug-likeness (QED) is 0.609. The van der Waals surface area contributed by atoms with Gasteiger partial charge in [0.1, 0.15) is 11.4 Å². The highest BCUT2D eigenvalue weighted by Gasteiger charge is 2.13. The third-order valence-electron chi connectivity index (χ3n) is 1.73. The molecule has 70 valence electrons. The van der Waals surface area contributed by atoms with Gasteiger partial charge in [-0.2, -0.15) is 0 Å². The van der Waals surface area contributed by atoms with E-state index < -0.39 is 11.5 Å². The Bertz CT molecular complexity index is 395. The van der Waals surface area contributed by atoms with Crippen LogP contribution in [0.25, 0.3) is 0 Å². The number of aryl methyl sites for hydroxylation is 1. The molecule has 0 amide bonds. The zero-order valence-electron chi connectivity index (χ0n) is 7.13. The zero-order chi connectivity index (χ0) is 10.0. The number of aromatic nitrogens is 1. The van der Waals surface area contributed by atoms with Gasteiger partial charge in [0.15, 0.2) is 0 Å². The van der Waals surface area contributed by atoms with Crippen LogP contribution in [0.5, 0.6) is 0 Å². The number of carboxylic acid groups (broad SMARTS) is 1. The SMILES string of the molecule is CCc1cc(N)[nH]c(=O)c1C(=O)O. The molecule has 0 spiro atoms. The minimum atomic E-state index is -1.22. The van der Waals surface area contributed by atoms with Crippen LogP contribution in [0.15, 0.2) is 10.9 Å². The van der Waals surface area contributed by atoms with Crippen LogP contribution in [0, 0.1) is 0 Å². The van der Waals surface area contributed by atoms with E-state index in [9.17, 15) is 9.59 Å². The Balaban J connectivity index is 3.48. The molecule has 1 aromatic heterocycles. The summed E-state index contributed by atoms with van der Waals surface area (Å²) in [5, 5.41) is 8.71. The first-order chi connectivity index (χ1) is 6.06. The van der Waals surface area contributed by atoms with Gasteiger partial charge in [-0.15, -0.1) is 0 Å². The molecule has 0 aromatic carbocycles. The molecule has 0 aliphatic rings. The highest BCUT2D eigenvalue weighted by molar-refractivity contribution is 5.89. The molecule has 4 N–H and O–H groups in total. The number of carboxylic acids is 1. The van der Waals surface area contributed by atoms with Crippen LogP contribution in [0.4, 0.5) is 5.82 Å². The summed E-state index contributed by atoms with van der Waals surface area (Å²) < 4.78 is 0. The Hall–Kier alpha value is -1.78. The molecule has 5 nitrogen and oxygen atoms in total. The molecule has 1 aromatic rings. The number of aromatic amines is 1. The summed E-state index contributed by atoms with van der Waals surface area (Å²) in [6.07, 6.45) is 0.468. The van der Waals surface area contributed by atoms with Crippen LogP contribution in [0.3, 0.4) is 0 Å². The summed E-state index contributed by atoms with van der Waals surface area (Å²) in [4.78, 5) is 24.0. The molecule has 0 saturated carbocycles. The van der Waals surface area contributed by atoms with Gasteiger partial charge in [-0.05, 0) is 18.1 Å². The third-order valence-corrected chi connectivity index (χ3v) is 1.73. The van der Waals surface area contributed by atoms with Crippen molar-refractivity contribution in [1.82, 2.24) is 4.98 Å². The molecule has 0 aliphatic heterocycles. The number of anilines is 1. The maximum atomic E-state index is 11.1. The van der Waals surface area contributed by atoms with E-state index in [-0.39, 0.29) is 11.4 Å². The normalized spacial score (nSPS) is 9.92. The minimum Gasteiger partial charge on any atom is -0.477 e. The van der Waals surface area contributed by atoms with Crippen molar-refractivity contribution in [3.8, 4) is 0 Å². The lowest BCUT2D eigenvalue weighted by Crippen LogP contribution is -2.21.